The summed E-state index contributed by atoms with van der Waals surface area (Å²) in [5.41, 5.74) is 3.68. The Morgan fingerprint density at radius 1 is 1.18 bits per heavy atom. The molecule has 1 aliphatic heterocycles. The number of benzene rings is 3. The Kier molecular flexibility index (Phi) is 4.81. The predicted molar refractivity (Wildman–Crippen MR) is 106 cm³/mol. The lowest BCUT2D eigenvalue weighted by Gasteiger charge is -2.10. The van der Waals surface area contributed by atoms with E-state index in [2.05, 4.69) is 16.4 Å². The molecule has 1 N–H and O–H groups in total. The number of rotatable bonds is 5. The Morgan fingerprint density at radius 2 is 2.04 bits per heavy atom. The van der Waals surface area contributed by atoms with E-state index in [1.165, 1.54) is 0 Å². The molecule has 1 amide bonds. The van der Waals surface area contributed by atoms with Gasteiger partial charge in [0.15, 0.2) is 11.5 Å². The SMILES string of the molecule is C#CCOc1ccc2ccccc2c1/C=N\NC(=O)c1ccc2c(c1)OCO2. The molecule has 6 heteroatoms. The molecule has 0 bridgehead atoms. The number of ether oxygens (including phenoxy) is 3. The summed E-state index contributed by atoms with van der Waals surface area (Å²) < 4.78 is 16.2. The number of nitrogens with one attached hydrogen (secondary N) is 1. The zero-order valence-corrected chi connectivity index (χ0v) is 14.8. The van der Waals surface area contributed by atoms with Crippen LogP contribution >= 0.6 is 0 Å². The first-order chi connectivity index (χ1) is 13.8. The van der Waals surface area contributed by atoms with Crippen molar-refractivity contribution in [2.75, 3.05) is 13.4 Å². The van der Waals surface area contributed by atoms with Gasteiger partial charge in [0.25, 0.3) is 5.91 Å². The largest absolute Gasteiger partial charge is 0.480 e. The lowest BCUT2D eigenvalue weighted by molar-refractivity contribution is 0.0954. The molecule has 3 aromatic rings. The summed E-state index contributed by atoms with van der Waals surface area (Å²) in [4.78, 5) is 12.4. The molecule has 6 nitrogen and oxygen atoms in total. The molecule has 0 atom stereocenters. The summed E-state index contributed by atoms with van der Waals surface area (Å²) >= 11 is 0. The van der Waals surface area contributed by atoms with E-state index in [4.69, 9.17) is 20.6 Å². The van der Waals surface area contributed by atoms with Gasteiger partial charge in [0.1, 0.15) is 12.4 Å². The van der Waals surface area contributed by atoms with Gasteiger partial charge >= 0.3 is 0 Å². The van der Waals surface area contributed by atoms with Gasteiger partial charge in [0.2, 0.25) is 6.79 Å². The summed E-state index contributed by atoms with van der Waals surface area (Å²) in [6.07, 6.45) is 6.85. The first kappa shape index (κ1) is 17.4. The third kappa shape index (κ3) is 3.46. The van der Waals surface area contributed by atoms with Crippen LogP contribution in [0.3, 0.4) is 0 Å². The third-order valence-corrected chi connectivity index (χ3v) is 4.24. The van der Waals surface area contributed by atoms with Crippen LogP contribution in [-0.2, 0) is 0 Å². The van der Waals surface area contributed by atoms with Crippen LogP contribution in [0.1, 0.15) is 15.9 Å². The molecule has 28 heavy (non-hydrogen) atoms. The number of amides is 1. The number of hydrazone groups is 1. The van der Waals surface area contributed by atoms with Crippen LogP contribution in [0, 0.1) is 12.3 Å². The molecular formula is C22H16N2O4. The maximum atomic E-state index is 12.4. The van der Waals surface area contributed by atoms with E-state index < -0.39 is 0 Å². The average Bonchev–Trinajstić information content (AvgIpc) is 3.20. The molecule has 0 aromatic heterocycles. The highest BCUT2D eigenvalue weighted by molar-refractivity contribution is 6.03. The average molecular weight is 372 g/mol. The molecule has 138 valence electrons. The quantitative estimate of drug-likeness (QED) is 0.424. The highest BCUT2D eigenvalue weighted by Crippen LogP contribution is 2.32. The molecule has 3 aromatic carbocycles. The molecule has 0 saturated heterocycles. The van der Waals surface area contributed by atoms with E-state index in [-0.39, 0.29) is 19.3 Å². The van der Waals surface area contributed by atoms with E-state index in [9.17, 15) is 4.79 Å². The molecule has 0 saturated carbocycles. The normalized spacial score (nSPS) is 12.1. The van der Waals surface area contributed by atoms with Gasteiger partial charge in [-0.1, -0.05) is 36.3 Å². The first-order valence-corrected chi connectivity index (χ1v) is 8.57. The summed E-state index contributed by atoms with van der Waals surface area (Å²) in [6.45, 7) is 0.294. The Bertz CT molecular complexity index is 1120. The van der Waals surface area contributed by atoms with Gasteiger partial charge in [-0.15, -0.1) is 6.42 Å². The number of hydrogen-bond acceptors (Lipinski definition) is 5. The van der Waals surface area contributed by atoms with Crippen molar-refractivity contribution in [3.05, 3.63) is 65.7 Å². The van der Waals surface area contributed by atoms with Crippen LogP contribution in [0.5, 0.6) is 17.2 Å². The van der Waals surface area contributed by atoms with Crippen molar-refractivity contribution in [2.24, 2.45) is 5.10 Å². The van der Waals surface area contributed by atoms with Gasteiger partial charge in [-0.05, 0) is 35.0 Å². The number of fused-ring (bicyclic) bond motifs is 2. The zero-order chi connectivity index (χ0) is 19.3. The number of hydrogen-bond donors (Lipinski definition) is 1. The van der Waals surface area contributed by atoms with Crippen LogP contribution in [0.4, 0.5) is 0 Å². The summed E-state index contributed by atoms with van der Waals surface area (Å²) in [5.74, 6) is 3.84. The van der Waals surface area contributed by atoms with Crippen LogP contribution in [0.2, 0.25) is 0 Å². The van der Waals surface area contributed by atoms with E-state index in [1.54, 1.807) is 24.4 Å². The maximum absolute atomic E-state index is 12.4. The van der Waals surface area contributed by atoms with Crippen molar-refractivity contribution in [2.45, 2.75) is 0 Å². The van der Waals surface area contributed by atoms with Gasteiger partial charge in [0, 0.05) is 11.1 Å². The lowest BCUT2D eigenvalue weighted by Crippen LogP contribution is -2.17. The minimum atomic E-state index is -0.360. The van der Waals surface area contributed by atoms with Gasteiger partial charge < -0.3 is 14.2 Å². The smallest absolute Gasteiger partial charge is 0.271 e. The fourth-order valence-electron chi connectivity index (χ4n) is 2.91. The standard InChI is InChI=1S/C22H16N2O4/c1-2-11-26-19-9-7-15-5-3-4-6-17(15)18(19)13-23-24-22(25)16-8-10-20-21(12-16)28-14-27-20/h1,3-10,12-13H,11,14H2,(H,24,25)/b23-13-. The topological polar surface area (TPSA) is 69.2 Å². The minimum Gasteiger partial charge on any atom is -0.480 e. The molecule has 4 rings (SSSR count). The molecule has 0 spiro atoms. The molecule has 1 heterocycles. The van der Waals surface area contributed by atoms with E-state index in [1.807, 2.05) is 36.4 Å². The number of carbonyl (C=O) groups is 1. The molecule has 0 fully saturated rings. The fourth-order valence-corrected chi connectivity index (χ4v) is 2.91. The summed E-state index contributed by atoms with van der Waals surface area (Å²) in [7, 11) is 0. The summed E-state index contributed by atoms with van der Waals surface area (Å²) in [5, 5.41) is 6.07. The van der Waals surface area contributed by atoms with Crippen LogP contribution in [0.25, 0.3) is 10.8 Å². The number of nitrogens with zero attached hydrogens (tertiary/aromatic N) is 1. The minimum absolute atomic E-state index is 0.142. The van der Waals surface area contributed by atoms with Gasteiger partial charge in [-0.25, -0.2) is 5.43 Å². The Balaban J connectivity index is 1.57. The Morgan fingerprint density at radius 3 is 2.93 bits per heavy atom. The highest BCUT2D eigenvalue weighted by atomic mass is 16.7. The molecule has 0 radical (unpaired) electrons. The van der Waals surface area contributed by atoms with Crippen LogP contribution in [0.15, 0.2) is 59.7 Å². The zero-order valence-electron chi connectivity index (χ0n) is 14.8. The monoisotopic (exact) mass is 372 g/mol. The number of terminal acetylenes is 1. The second-order valence-electron chi connectivity index (χ2n) is 5.96. The molecular weight excluding hydrogens is 356 g/mol. The van der Waals surface area contributed by atoms with Crippen molar-refractivity contribution >= 4 is 22.9 Å². The van der Waals surface area contributed by atoms with Gasteiger partial charge in [-0.3, -0.25) is 4.79 Å². The fraction of sp³-hybridized carbons (Fsp3) is 0.0909. The van der Waals surface area contributed by atoms with Crippen LogP contribution in [-0.4, -0.2) is 25.5 Å². The van der Waals surface area contributed by atoms with Crippen molar-refractivity contribution in [3.63, 3.8) is 0 Å². The van der Waals surface area contributed by atoms with E-state index >= 15 is 0 Å². The molecule has 0 aliphatic carbocycles. The molecule has 1 aliphatic rings. The van der Waals surface area contributed by atoms with Crippen molar-refractivity contribution in [1.82, 2.24) is 5.43 Å². The van der Waals surface area contributed by atoms with E-state index in [0.29, 0.717) is 22.8 Å². The first-order valence-electron chi connectivity index (χ1n) is 8.57. The lowest BCUT2D eigenvalue weighted by atomic mass is 10.0. The van der Waals surface area contributed by atoms with Crippen molar-refractivity contribution in [3.8, 4) is 29.6 Å². The van der Waals surface area contributed by atoms with E-state index in [0.717, 1.165) is 16.3 Å². The predicted octanol–water partition coefficient (Wildman–Crippen LogP) is 3.34. The van der Waals surface area contributed by atoms with Crippen LogP contribution < -0.4 is 19.6 Å². The van der Waals surface area contributed by atoms with Gasteiger partial charge in [-0.2, -0.15) is 5.10 Å². The second-order valence-corrected chi connectivity index (χ2v) is 5.96. The summed E-state index contributed by atoms with van der Waals surface area (Å²) in [6, 6.07) is 16.6. The maximum Gasteiger partial charge on any atom is 0.271 e. The Hall–Kier alpha value is -3.98. The van der Waals surface area contributed by atoms with Gasteiger partial charge in [0.05, 0.1) is 6.21 Å². The second kappa shape index (κ2) is 7.72. The Labute approximate surface area is 161 Å². The van der Waals surface area contributed by atoms with Crippen molar-refractivity contribution < 1.29 is 19.0 Å². The molecule has 0 unspecified atom stereocenters. The third-order valence-electron chi connectivity index (χ3n) is 4.24. The highest BCUT2D eigenvalue weighted by Gasteiger charge is 2.16. The number of carbonyl (C=O) groups excluding carboxylic acids is 1. The van der Waals surface area contributed by atoms with Crippen molar-refractivity contribution in [1.29, 1.82) is 0 Å².